The molecule has 122 valence electrons. The molecule has 1 saturated carbocycles. The van der Waals surface area contributed by atoms with E-state index < -0.39 is 0 Å². The van der Waals surface area contributed by atoms with E-state index in [9.17, 15) is 5.11 Å². The van der Waals surface area contributed by atoms with Crippen molar-refractivity contribution in [2.45, 2.75) is 46.5 Å². The summed E-state index contributed by atoms with van der Waals surface area (Å²) in [6.45, 7) is 7.51. The molecule has 0 amide bonds. The average molecular weight is 304 g/mol. The molecule has 1 aromatic rings. The Kier molecular flexibility index (Phi) is 4.35. The van der Waals surface area contributed by atoms with Gasteiger partial charge in [-0.25, -0.2) is 0 Å². The number of aliphatic hydroxyl groups excluding tert-OH is 1. The van der Waals surface area contributed by atoms with Crippen LogP contribution >= 0.6 is 0 Å². The van der Waals surface area contributed by atoms with Gasteiger partial charge in [0.2, 0.25) is 6.79 Å². The normalized spacial score (nSPS) is 30.8. The van der Waals surface area contributed by atoms with E-state index in [1.807, 2.05) is 6.07 Å². The molecule has 22 heavy (non-hydrogen) atoms. The quantitative estimate of drug-likeness (QED) is 0.913. The van der Waals surface area contributed by atoms with Crippen LogP contribution in [0.4, 0.5) is 0 Å². The Morgan fingerprint density at radius 2 is 2.05 bits per heavy atom. The van der Waals surface area contributed by atoms with Crippen LogP contribution in [0.2, 0.25) is 0 Å². The van der Waals surface area contributed by atoms with Gasteiger partial charge in [0.1, 0.15) is 0 Å². The lowest BCUT2D eigenvalue weighted by Gasteiger charge is -2.45. The van der Waals surface area contributed by atoms with E-state index in [0.717, 1.165) is 36.2 Å². The van der Waals surface area contributed by atoms with Crippen LogP contribution in [-0.4, -0.2) is 18.5 Å². The zero-order valence-corrected chi connectivity index (χ0v) is 14.0. The minimum atomic E-state index is 0.0434. The van der Waals surface area contributed by atoms with Gasteiger partial charge in [0.05, 0.1) is 0 Å². The van der Waals surface area contributed by atoms with Crippen LogP contribution in [0.5, 0.6) is 11.5 Å². The summed E-state index contributed by atoms with van der Waals surface area (Å²) in [5, 5.41) is 9.93. The van der Waals surface area contributed by atoms with Crippen molar-refractivity contribution >= 4 is 0 Å². The highest BCUT2D eigenvalue weighted by molar-refractivity contribution is 5.44. The van der Waals surface area contributed by atoms with Crippen molar-refractivity contribution in [3.63, 3.8) is 0 Å². The molecule has 3 rings (SSSR count). The first-order valence-corrected chi connectivity index (χ1v) is 8.51. The molecule has 0 bridgehead atoms. The molecule has 3 nitrogen and oxygen atoms in total. The van der Waals surface area contributed by atoms with E-state index in [1.54, 1.807) is 0 Å². The molecule has 1 N–H and O–H groups in total. The summed E-state index contributed by atoms with van der Waals surface area (Å²) < 4.78 is 10.9. The van der Waals surface area contributed by atoms with Crippen molar-refractivity contribution in [3.05, 3.63) is 23.8 Å². The minimum absolute atomic E-state index is 0.0434. The van der Waals surface area contributed by atoms with Gasteiger partial charge in [0.15, 0.2) is 11.5 Å². The SMILES string of the molecule is CC(C)C1CCC(C)(CO)C(Cc2ccc3c(c2)OCO3)C1. The van der Waals surface area contributed by atoms with Crippen LogP contribution in [0.1, 0.15) is 45.6 Å². The predicted octanol–water partition coefficient (Wildman–Crippen LogP) is 4.03. The molecule has 1 aromatic carbocycles. The molecule has 0 aromatic heterocycles. The number of hydrogen-bond acceptors (Lipinski definition) is 3. The number of aliphatic hydroxyl groups is 1. The predicted molar refractivity (Wildman–Crippen MR) is 87.1 cm³/mol. The fourth-order valence-corrected chi connectivity index (χ4v) is 3.98. The van der Waals surface area contributed by atoms with Gasteiger partial charge in [0, 0.05) is 6.61 Å². The number of ether oxygens (including phenoxy) is 2. The van der Waals surface area contributed by atoms with Gasteiger partial charge in [0.25, 0.3) is 0 Å². The van der Waals surface area contributed by atoms with Gasteiger partial charge in [-0.05, 0) is 66.5 Å². The van der Waals surface area contributed by atoms with Gasteiger partial charge < -0.3 is 14.6 Å². The van der Waals surface area contributed by atoms with E-state index in [2.05, 4.69) is 32.9 Å². The Bertz CT molecular complexity index is 525. The van der Waals surface area contributed by atoms with E-state index >= 15 is 0 Å². The smallest absolute Gasteiger partial charge is 0.231 e. The van der Waals surface area contributed by atoms with Crippen molar-refractivity contribution in [1.82, 2.24) is 0 Å². The van der Waals surface area contributed by atoms with Gasteiger partial charge in [-0.3, -0.25) is 0 Å². The summed E-state index contributed by atoms with van der Waals surface area (Å²) in [6.07, 6.45) is 4.59. The first-order chi connectivity index (χ1) is 10.5. The van der Waals surface area contributed by atoms with Crippen molar-refractivity contribution in [1.29, 1.82) is 0 Å². The largest absolute Gasteiger partial charge is 0.454 e. The van der Waals surface area contributed by atoms with E-state index in [-0.39, 0.29) is 12.0 Å². The first-order valence-electron chi connectivity index (χ1n) is 8.51. The third-order valence-electron chi connectivity index (χ3n) is 5.88. The molecule has 1 aliphatic heterocycles. The highest BCUT2D eigenvalue weighted by Crippen LogP contribution is 2.47. The first kappa shape index (κ1) is 15.7. The van der Waals surface area contributed by atoms with E-state index in [4.69, 9.17) is 9.47 Å². The molecular weight excluding hydrogens is 276 g/mol. The highest BCUT2D eigenvalue weighted by Gasteiger charge is 2.40. The Hall–Kier alpha value is -1.22. The van der Waals surface area contributed by atoms with Gasteiger partial charge in [-0.15, -0.1) is 0 Å². The van der Waals surface area contributed by atoms with Crippen LogP contribution in [0, 0.1) is 23.2 Å². The lowest BCUT2D eigenvalue weighted by molar-refractivity contribution is 0.0103. The van der Waals surface area contributed by atoms with Gasteiger partial charge in [-0.2, -0.15) is 0 Å². The lowest BCUT2D eigenvalue weighted by Crippen LogP contribution is -2.39. The molecule has 0 radical (unpaired) electrons. The van der Waals surface area contributed by atoms with Crippen molar-refractivity contribution in [3.8, 4) is 11.5 Å². The summed E-state index contributed by atoms with van der Waals surface area (Å²) in [6, 6.07) is 6.26. The Balaban J connectivity index is 1.77. The van der Waals surface area contributed by atoms with Crippen LogP contribution in [-0.2, 0) is 6.42 Å². The topological polar surface area (TPSA) is 38.7 Å². The summed E-state index contributed by atoms with van der Waals surface area (Å²) in [5.41, 5.74) is 1.33. The summed E-state index contributed by atoms with van der Waals surface area (Å²) in [7, 11) is 0. The maximum absolute atomic E-state index is 9.93. The fourth-order valence-electron chi connectivity index (χ4n) is 3.98. The zero-order valence-electron chi connectivity index (χ0n) is 14.0. The third kappa shape index (κ3) is 2.96. The molecule has 3 atom stereocenters. The molecular formula is C19H28O3. The maximum atomic E-state index is 9.93. The van der Waals surface area contributed by atoms with E-state index in [0.29, 0.717) is 12.7 Å². The van der Waals surface area contributed by atoms with Crippen LogP contribution in [0.3, 0.4) is 0 Å². The Morgan fingerprint density at radius 3 is 2.77 bits per heavy atom. The molecule has 1 aliphatic carbocycles. The zero-order chi connectivity index (χ0) is 15.7. The number of hydrogen-bond donors (Lipinski definition) is 1. The molecule has 3 heteroatoms. The Labute approximate surface area is 133 Å². The summed E-state index contributed by atoms with van der Waals surface area (Å²) >= 11 is 0. The van der Waals surface area contributed by atoms with Gasteiger partial charge in [-0.1, -0.05) is 26.8 Å². The summed E-state index contributed by atoms with van der Waals surface area (Å²) in [5.74, 6) is 3.73. The molecule has 1 heterocycles. The lowest BCUT2D eigenvalue weighted by atomic mass is 9.61. The highest BCUT2D eigenvalue weighted by atomic mass is 16.7. The Morgan fingerprint density at radius 1 is 1.27 bits per heavy atom. The number of fused-ring (bicyclic) bond motifs is 1. The second kappa shape index (κ2) is 6.11. The van der Waals surface area contributed by atoms with Gasteiger partial charge >= 0.3 is 0 Å². The molecule has 0 saturated heterocycles. The standard InChI is InChI=1S/C19H28O3/c1-13(2)15-6-7-19(3,11-20)16(10-15)8-14-4-5-17-18(9-14)22-12-21-17/h4-5,9,13,15-16,20H,6-8,10-12H2,1-3H3. The molecule has 2 aliphatic rings. The van der Waals surface area contributed by atoms with E-state index in [1.165, 1.54) is 18.4 Å². The number of benzene rings is 1. The second-order valence-corrected chi connectivity index (χ2v) is 7.68. The average Bonchev–Trinajstić information content (AvgIpc) is 2.97. The van der Waals surface area contributed by atoms with Crippen LogP contribution in [0.15, 0.2) is 18.2 Å². The maximum Gasteiger partial charge on any atom is 0.231 e. The van der Waals surface area contributed by atoms with Crippen LogP contribution < -0.4 is 9.47 Å². The molecule has 0 spiro atoms. The fraction of sp³-hybridized carbons (Fsp3) is 0.684. The van der Waals surface area contributed by atoms with Crippen molar-refractivity contribution in [2.75, 3.05) is 13.4 Å². The minimum Gasteiger partial charge on any atom is -0.454 e. The monoisotopic (exact) mass is 304 g/mol. The molecule has 3 unspecified atom stereocenters. The molecule has 1 fully saturated rings. The second-order valence-electron chi connectivity index (χ2n) is 7.68. The van der Waals surface area contributed by atoms with Crippen molar-refractivity contribution in [2.24, 2.45) is 23.2 Å². The number of rotatable bonds is 4. The van der Waals surface area contributed by atoms with Crippen LogP contribution in [0.25, 0.3) is 0 Å². The summed E-state index contributed by atoms with van der Waals surface area (Å²) in [4.78, 5) is 0. The third-order valence-corrected chi connectivity index (χ3v) is 5.88. The van der Waals surface area contributed by atoms with Crippen molar-refractivity contribution < 1.29 is 14.6 Å².